The van der Waals surface area contributed by atoms with Crippen LogP contribution in [-0.2, 0) is 27.4 Å². The molecule has 2 atom stereocenters. The summed E-state index contributed by atoms with van der Waals surface area (Å²) in [6, 6.07) is 18.2. The summed E-state index contributed by atoms with van der Waals surface area (Å²) in [4.78, 5) is 29.6. The van der Waals surface area contributed by atoms with Crippen molar-refractivity contribution in [3.63, 3.8) is 0 Å². The first kappa shape index (κ1) is 21.5. The second-order valence-corrected chi connectivity index (χ2v) is 8.41. The summed E-state index contributed by atoms with van der Waals surface area (Å²) in [6.07, 6.45) is 0.276. The summed E-state index contributed by atoms with van der Waals surface area (Å²) < 4.78 is 5.44. The quantitative estimate of drug-likeness (QED) is 0.747. The van der Waals surface area contributed by atoms with Crippen molar-refractivity contribution < 1.29 is 14.3 Å². The molecule has 0 unspecified atom stereocenters. The fourth-order valence-corrected chi connectivity index (χ4v) is 4.40. The molecule has 2 amide bonds. The first-order valence-electron chi connectivity index (χ1n) is 11.1. The molecule has 2 aromatic rings. The first-order chi connectivity index (χ1) is 15.1. The van der Waals surface area contributed by atoms with E-state index in [1.165, 1.54) is 5.56 Å². The molecule has 1 N–H and O–H groups in total. The zero-order valence-electron chi connectivity index (χ0n) is 18.1. The summed E-state index contributed by atoms with van der Waals surface area (Å²) in [5, 5.41) is 3.08. The predicted molar refractivity (Wildman–Crippen MR) is 119 cm³/mol. The Morgan fingerprint density at radius 2 is 1.74 bits per heavy atom. The van der Waals surface area contributed by atoms with Gasteiger partial charge in [0.2, 0.25) is 11.8 Å². The SMILES string of the molecule is C[C@H](c1ccccc1)N1C[C@H](C(=O)NCc2ccccc2CN2CCOCC2)CC1=O. The number of carbonyl (C=O) groups is 2. The summed E-state index contributed by atoms with van der Waals surface area (Å²) in [7, 11) is 0. The molecule has 0 aromatic heterocycles. The highest BCUT2D eigenvalue weighted by Gasteiger charge is 2.36. The molecule has 2 saturated heterocycles. The van der Waals surface area contributed by atoms with E-state index in [9.17, 15) is 9.59 Å². The van der Waals surface area contributed by atoms with E-state index in [1.54, 1.807) is 0 Å². The Bertz CT molecular complexity index is 896. The molecule has 2 aliphatic rings. The summed E-state index contributed by atoms with van der Waals surface area (Å²) in [5.74, 6) is -0.299. The minimum absolute atomic E-state index is 0.0271. The van der Waals surface area contributed by atoms with E-state index in [1.807, 2.05) is 54.3 Å². The second kappa shape index (κ2) is 10.1. The number of rotatable bonds is 7. The number of benzene rings is 2. The smallest absolute Gasteiger partial charge is 0.225 e. The summed E-state index contributed by atoms with van der Waals surface area (Å²) >= 11 is 0. The molecule has 2 fully saturated rings. The average molecular weight is 422 g/mol. The lowest BCUT2D eigenvalue weighted by molar-refractivity contribution is -0.130. The van der Waals surface area contributed by atoms with Crippen LogP contribution in [0.15, 0.2) is 54.6 Å². The fraction of sp³-hybridized carbons (Fsp3) is 0.440. The Kier molecular flexibility index (Phi) is 6.99. The van der Waals surface area contributed by atoms with Crippen LogP contribution in [0.25, 0.3) is 0 Å². The second-order valence-electron chi connectivity index (χ2n) is 8.41. The third kappa shape index (κ3) is 5.32. The molecular weight excluding hydrogens is 390 g/mol. The minimum atomic E-state index is -0.301. The molecule has 164 valence electrons. The Morgan fingerprint density at radius 1 is 1.06 bits per heavy atom. The lowest BCUT2D eigenvalue weighted by Gasteiger charge is -2.27. The van der Waals surface area contributed by atoms with Crippen LogP contribution >= 0.6 is 0 Å². The lowest BCUT2D eigenvalue weighted by atomic mass is 10.0. The van der Waals surface area contributed by atoms with Crippen molar-refractivity contribution in [1.29, 1.82) is 0 Å². The number of ether oxygens (including phenoxy) is 1. The molecule has 6 nitrogen and oxygen atoms in total. The predicted octanol–water partition coefficient (Wildman–Crippen LogP) is 2.74. The van der Waals surface area contributed by atoms with E-state index in [0.29, 0.717) is 13.1 Å². The molecule has 6 heteroatoms. The number of likely N-dealkylation sites (tertiary alicyclic amines) is 1. The van der Waals surface area contributed by atoms with Crippen molar-refractivity contribution in [2.45, 2.75) is 32.5 Å². The van der Waals surface area contributed by atoms with Crippen molar-refractivity contribution in [2.75, 3.05) is 32.8 Å². The highest BCUT2D eigenvalue weighted by atomic mass is 16.5. The monoisotopic (exact) mass is 421 g/mol. The molecule has 0 bridgehead atoms. The number of nitrogens with one attached hydrogen (secondary N) is 1. The number of hydrogen-bond donors (Lipinski definition) is 1. The van der Waals surface area contributed by atoms with Gasteiger partial charge < -0.3 is 15.0 Å². The van der Waals surface area contributed by atoms with Gasteiger partial charge in [-0.25, -0.2) is 0 Å². The molecule has 4 rings (SSSR count). The zero-order valence-corrected chi connectivity index (χ0v) is 18.1. The maximum absolute atomic E-state index is 12.9. The average Bonchev–Trinajstić information content (AvgIpc) is 3.21. The lowest BCUT2D eigenvalue weighted by Crippen LogP contribution is -2.36. The molecule has 2 aliphatic heterocycles. The van der Waals surface area contributed by atoms with Gasteiger partial charge in [-0.05, 0) is 23.6 Å². The minimum Gasteiger partial charge on any atom is -0.379 e. The van der Waals surface area contributed by atoms with E-state index in [2.05, 4.69) is 22.3 Å². The topological polar surface area (TPSA) is 61.9 Å². The van der Waals surface area contributed by atoms with Gasteiger partial charge in [0.05, 0.1) is 25.2 Å². The van der Waals surface area contributed by atoms with Crippen LogP contribution in [0.4, 0.5) is 0 Å². The number of nitrogens with zero attached hydrogens (tertiary/aromatic N) is 2. The van der Waals surface area contributed by atoms with Gasteiger partial charge in [-0.2, -0.15) is 0 Å². The third-order valence-corrected chi connectivity index (χ3v) is 6.35. The van der Waals surface area contributed by atoms with Crippen LogP contribution in [0, 0.1) is 5.92 Å². The number of carbonyl (C=O) groups excluding carboxylic acids is 2. The number of amides is 2. The summed E-state index contributed by atoms with van der Waals surface area (Å²) in [6.45, 7) is 7.24. The standard InChI is InChI=1S/C25H31N3O3/c1-19(20-7-3-2-4-8-20)28-18-23(15-24(28)29)25(30)26-16-21-9-5-6-10-22(21)17-27-11-13-31-14-12-27/h2-10,19,23H,11-18H2,1H3,(H,26,30)/t19-,23-/m1/s1. The van der Waals surface area contributed by atoms with Crippen molar-refractivity contribution in [2.24, 2.45) is 5.92 Å². The maximum atomic E-state index is 12.9. The third-order valence-electron chi connectivity index (χ3n) is 6.35. The Hall–Kier alpha value is -2.70. The van der Waals surface area contributed by atoms with Crippen molar-refractivity contribution in [3.05, 3.63) is 71.3 Å². The van der Waals surface area contributed by atoms with Crippen LogP contribution in [0.3, 0.4) is 0 Å². The number of hydrogen-bond acceptors (Lipinski definition) is 4. The van der Waals surface area contributed by atoms with Gasteiger partial charge in [0.15, 0.2) is 0 Å². The molecule has 0 spiro atoms. The van der Waals surface area contributed by atoms with Crippen molar-refractivity contribution in [3.8, 4) is 0 Å². The van der Waals surface area contributed by atoms with Crippen LogP contribution in [-0.4, -0.2) is 54.5 Å². The maximum Gasteiger partial charge on any atom is 0.225 e. The highest BCUT2D eigenvalue weighted by Crippen LogP contribution is 2.28. The van der Waals surface area contributed by atoms with E-state index < -0.39 is 0 Å². The van der Waals surface area contributed by atoms with Crippen molar-refractivity contribution in [1.82, 2.24) is 15.1 Å². The fourth-order valence-electron chi connectivity index (χ4n) is 4.40. The molecule has 0 radical (unpaired) electrons. The molecular formula is C25H31N3O3. The highest BCUT2D eigenvalue weighted by molar-refractivity contribution is 5.89. The van der Waals surface area contributed by atoms with E-state index in [-0.39, 0.29) is 30.2 Å². The molecule has 31 heavy (non-hydrogen) atoms. The van der Waals surface area contributed by atoms with Gasteiger partial charge in [-0.3, -0.25) is 14.5 Å². The van der Waals surface area contributed by atoms with Crippen LogP contribution in [0.5, 0.6) is 0 Å². The Balaban J connectivity index is 1.34. The largest absolute Gasteiger partial charge is 0.379 e. The molecule has 2 heterocycles. The van der Waals surface area contributed by atoms with Gasteiger partial charge in [0.1, 0.15) is 0 Å². The van der Waals surface area contributed by atoms with Crippen LogP contribution in [0.1, 0.15) is 36.1 Å². The summed E-state index contributed by atoms with van der Waals surface area (Å²) in [5.41, 5.74) is 3.45. The number of morpholine rings is 1. The molecule has 2 aromatic carbocycles. The van der Waals surface area contributed by atoms with Gasteiger partial charge in [0, 0.05) is 39.1 Å². The van der Waals surface area contributed by atoms with Gasteiger partial charge >= 0.3 is 0 Å². The van der Waals surface area contributed by atoms with Gasteiger partial charge in [0.25, 0.3) is 0 Å². The van der Waals surface area contributed by atoms with Crippen molar-refractivity contribution >= 4 is 11.8 Å². The van der Waals surface area contributed by atoms with Crippen LogP contribution in [0.2, 0.25) is 0 Å². The van der Waals surface area contributed by atoms with E-state index in [0.717, 1.165) is 44.0 Å². The van der Waals surface area contributed by atoms with E-state index in [4.69, 9.17) is 4.74 Å². The Morgan fingerprint density at radius 3 is 2.48 bits per heavy atom. The van der Waals surface area contributed by atoms with Gasteiger partial charge in [-0.15, -0.1) is 0 Å². The van der Waals surface area contributed by atoms with Crippen LogP contribution < -0.4 is 5.32 Å². The molecule has 0 saturated carbocycles. The normalized spacial score (nSPS) is 20.6. The zero-order chi connectivity index (χ0) is 21.6. The van der Waals surface area contributed by atoms with Gasteiger partial charge in [-0.1, -0.05) is 54.6 Å². The van der Waals surface area contributed by atoms with E-state index >= 15 is 0 Å². The first-order valence-corrected chi connectivity index (χ1v) is 11.1. The molecule has 0 aliphatic carbocycles. The Labute approximate surface area is 184 Å².